The summed E-state index contributed by atoms with van der Waals surface area (Å²) >= 11 is 0. The molecule has 3 rings (SSSR count). The van der Waals surface area contributed by atoms with Gasteiger partial charge in [-0.05, 0) is 32.9 Å². The fraction of sp³-hybridized carbons (Fsp3) is 0.556. The lowest BCUT2D eigenvalue weighted by molar-refractivity contribution is -0.0453. The maximum Gasteiger partial charge on any atom is 0.410 e. The minimum atomic E-state index is -1.00. The van der Waals surface area contributed by atoms with E-state index in [1.165, 1.54) is 7.11 Å². The molecule has 7 heteroatoms. The van der Waals surface area contributed by atoms with Crippen LogP contribution in [-0.4, -0.2) is 61.0 Å². The van der Waals surface area contributed by atoms with Crippen molar-refractivity contribution in [3.63, 3.8) is 0 Å². The molecule has 2 saturated heterocycles. The summed E-state index contributed by atoms with van der Waals surface area (Å²) < 4.78 is 10.6. The first-order chi connectivity index (χ1) is 11.6. The first kappa shape index (κ1) is 17.4. The second kappa shape index (κ2) is 5.82. The highest BCUT2D eigenvalue weighted by molar-refractivity contribution is 5.91. The summed E-state index contributed by atoms with van der Waals surface area (Å²) in [5, 5.41) is 9.15. The number of aromatic carboxylic acids is 1. The van der Waals surface area contributed by atoms with E-state index >= 15 is 0 Å². The maximum atomic E-state index is 12.0. The Morgan fingerprint density at radius 1 is 1.16 bits per heavy atom. The molecule has 7 nitrogen and oxygen atoms in total. The standard InChI is InChI=1S/C18H24N2O5/c1-17(2,3)25-16(23)20-10-18(11-20)8-19(9-18)12-5-6-13(15(21)22)14(7-12)24-4/h5-7H,8-11H2,1-4H3,(H,21,22). The molecule has 1 aromatic carbocycles. The third-order valence-corrected chi connectivity index (χ3v) is 4.54. The number of ether oxygens (including phenoxy) is 2. The van der Waals surface area contributed by atoms with Gasteiger partial charge in [-0.2, -0.15) is 0 Å². The van der Waals surface area contributed by atoms with E-state index in [1.807, 2.05) is 20.8 Å². The van der Waals surface area contributed by atoms with Crippen LogP contribution in [0.1, 0.15) is 31.1 Å². The number of anilines is 1. The molecular weight excluding hydrogens is 324 g/mol. The van der Waals surface area contributed by atoms with E-state index in [0.29, 0.717) is 18.8 Å². The highest BCUT2D eigenvalue weighted by Gasteiger charge is 2.54. The summed E-state index contributed by atoms with van der Waals surface area (Å²) in [5.41, 5.74) is 0.730. The number of methoxy groups -OCH3 is 1. The predicted octanol–water partition coefficient (Wildman–Crippen LogP) is 2.45. The Morgan fingerprint density at radius 3 is 2.32 bits per heavy atom. The molecule has 1 amide bonds. The molecule has 1 N–H and O–H groups in total. The molecule has 0 aromatic heterocycles. The molecule has 136 valence electrons. The Morgan fingerprint density at radius 2 is 1.80 bits per heavy atom. The number of carboxylic acids is 1. The monoisotopic (exact) mass is 348 g/mol. The van der Waals surface area contributed by atoms with Crippen LogP contribution in [0.25, 0.3) is 0 Å². The minimum Gasteiger partial charge on any atom is -0.496 e. The molecule has 2 aliphatic heterocycles. The summed E-state index contributed by atoms with van der Waals surface area (Å²) in [6.07, 6.45) is -0.260. The predicted molar refractivity (Wildman–Crippen MR) is 92.4 cm³/mol. The summed E-state index contributed by atoms with van der Waals surface area (Å²) in [4.78, 5) is 27.1. The Labute approximate surface area is 147 Å². The molecule has 1 spiro atoms. The number of carboxylic acid groups (broad SMARTS) is 1. The average molecular weight is 348 g/mol. The van der Waals surface area contributed by atoms with Crippen LogP contribution in [0.2, 0.25) is 0 Å². The number of carbonyl (C=O) groups excluding carboxylic acids is 1. The van der Waals surface area contributed by atoms with Gasteiger partial charge in [-0.3, -0.25) is 0 Å². The fourth-order valence-electron chi connectivity index (χ4n) is 3.42. The number of hydrogen-bond acceptors (Lipinski definition) is 5. The SMILES string of the molecule is COc1cc(N2CC3(CN(C(=O)OC(C)(C)C)C3)C2)ccc1C(=O)O. The second-order valence-corrected chi connectivity index (χ2v) is 7.88. The number of amides is 1. The molecule has 0 aliphatic carbocycles. The number of hydrogen-bond donors (Lipinski definition) is 1. The Hall–Kier alpha value is -2.44. The van der Waals surface area contributed by atoms with E-state index in [-0.39, 0.29) is 17.1 Å². The number of carbonyl (C=O) groups is 2. The molecule has 2 fully saturated rings. The van der Waals surface area contributed by atoms with Gasteiger partial charge in [0.25, 0.3) is 0 Å². The van der Waals surface area contributed by atoms with Crippen LogP contribution in [0.15, 0.2) is 18.2 Å². The van der Waals surface area contributed by atoms with E-state index < -0.39 is 11.6 Å². The van der Waals surface area contributed by atoms with Crippen LogP contribution in [-0.2, 0) is 4.74 Å². The van der Waals surface area contributed by atoms with E-state index in [1.54, 1.807) is 23.1 Å². The lowest BCUT2D eigenvalue weighted by Gasteiger charge is -2.60. The van der Waals surface area contributed by atoms with Crippen molar-refractivity contribution in [2.45, 2.75) is 26.4 Å². The zero-order valence-corrected chi connectivity index (χ0v) is 15.0. The summed E-state index contributed by atoms with van der Waals surface area (Å²) in [5.74, 6) is -0.648. The van der Waals surface area contributed by atoms with Crippen LogP contribution in [0.3, 0.4) is 0 Å². The van der Waals surface area contributed by atoms with Gasteiger partial charge in [0.1, 0.15) is 16.9 Å². The number of nitrogens with zero attached hydrogens (tertiary/aromatic N) is 2. The van der Waals surface area contributed by atoms with Crippen molar-refractivity contribution >= 4 is 17.7 Å². The van der Waals surface area contributed by atoms with Gasteiger partial charge in [0.2, 0.25) is 0 Å². The van der Waals surface area contributed by atoms with Crippen molar-refractivity contribution in [2.75, 3.05) is 38.2 Å². The normalized spacial score (nSPS) is 18.4. The molecule has 1 aromatic rings. The first-order valence-electron chi connectivity index (χ1n) is 8.27. The smallest absolute Gasteiger partial charge is 0.410 e. The zero-order chi connectivity index (χ0) is 18.4. The molecular formula is C18H24N2O5. The van der Waals surface area contributed by atoms with E-state index in [9.17, 15) is 9.59 Å². The Kier molecular flexibility index (Phi) is 4.05. The first-order valence-corrected chi connectivity index (χ1v) is 8.27. The molecule has 25 heavy (non-hydrogen) atoms. The van der Waals surface area contributed by atoms with Crippen LogP contribution in [0.4, 0.5) is 10.5 Å². The van der Waals surface area contributed by atoms with Crippen molar-refractivity contribution in [1.29, 1.82) is 0 Å². The molecule has 0 bridgehead atoms. The highest BCUT2D eigenvalue weighted by Crippen LogP contribution is 2.43. The van der Waals surface area contributed by atoms with E-state index in [2.05, 4.69) is 4.90 Å². The zero-order valence-electron chi connectivity index (χ0n) is 15.0. The minimum absolute atomic E-state index is 0.121. The Bertz CT molecular complexity index is 696. The van der Waals surface area contributed by atoms with Crippen LogP contribution in [0.5, 0.6) is 5.75 Å². The van der Waals surface area contributed by atoms with Crippen molar-refractivity contribution in [3.05, 3.63) is 23.8 Å². The number of rotatable bonds is 3. The third-order valence-electron chi connectivity index (χ3n) is 4.54. The van der Waals surface area contributed by atoms with Crippen molar-refractivity contribution in [1.82, 2.24) is 4.90 Å². The second-order valence-electron chi connectivity index (χ2n) is 7.88. The van der Waals surface area contributed by atoms with Gasteiger partial charge >= 0.3 is 12.1 Å². The maximum absolute atomic E-state index is 12.0. The van der Waals surface area contributed by atoms with Gasteiger partial charge in [-0.15, -0.1) is 0 Å². The lowest BCUT2D eigenvalue weighted by Crippen LogP contribution is -2.73. The van der Waals surface area contributed by atoms with Gasteiger partial charge in [0, 0.05) is 43.3 Å². The van der Waals surface area contributed by atoms with Gasteiger partial charge in [-0.25, -0.2) is 9.59 Å². The number of benzene rings is 1. The van der Waals surface area contributed by atoms with Gasteiger partial charge < -0.3 is 24.4 Å². The highest BCUT2D eigenvalue weighted by atomic mass is 16.6. The summed E-state index contributed by atoms with van der Waals surface area (Å²) in [7, 11) is 1.47. The third kappa shape index (κ3) is 3.36. The van der Waals surface area contributed by atoms with Gasteiger partial charge in [-0.1, -0.05) is 0 Å². The van der Waals surface area contributed by atoms with E-state index in [0.717, 1.165) is 18.8 Å². The van der Waals surface area contributed by atoms with Crippen LogP contribution >= 0.6 is 0 Å². The van der Waals surface area contributed by atoms with Gasteiger partial charge in [0.05, 0.1) is 7.11 Å². The van der Waals surface area contributed by atoms with Crippen molar-refractivity contribution < 1.29 is 24.2 Å². The van der Waals surface area contributed by atoms with Gasteiger partial charge in [0.15, 0.2) is 0 Å². The van der Waals surface area contributed by atoms with Crippen molar-refractivity contribution in [3.8, 4) is 5.75 Å². The molecule has 0 radical (unpaired) electrons. The fourth-order valence-corrected chi connectivity index (χ4v) is 3.42. The number of likely N-dealkylation sites (tertiary alicyclic amines) is 1. The van der Waals surface area contributed by atoms with Crippen LogP contribution in [0, 0.1) is 5.41 Å². The topological polar surface area (TPSA) is 79.3 Å². The molecule has 0 saturated carbocycles. The summed E-state index contributed by atoms with van der Waals surface area (Å²) in [6.45, 7) is 8.65. The van der Waals surface area contributed by atoms with Crippen molar-refractivity contribution in [2.24, 2.45) is 5.41 Å². The Balaban J connectivity index is 1.57. The molecule has 2 aliphatic rings. The molecule has 2 heterocycles. The van der Waals surface area contributed by atoms with E-state index in [4.69, 9.17) is 14.6 Å². The summed E-state index contributed by atoms with van der Waals surface area (Å²) in [6, 6.07) is 5.11. The molecule has 0 atom stereocenters. The quantitative estimate of drug-likeness (QED) is 0.904. The molecule has 0 unspecified atom stereocenters. The van der Waals surface area contributed by atoms with Crippen LogP contribution < -0.4 is 9.64 Å². The largest absolute Gasteiger partial charge is 0.496 e. The average Bonchev–Trinajstić information content (AvgIpc) is 2.41. The lowest BCUT2D eigenvalue weighted by atomic mass is 9.73.